The maximum absolute atomic E-state index is 12.6. The summed E-state index contributed by atoms with van der Waals surface area (Å²) in [7, 11) is 0. The van der Waals surface area contributed by atoms with Crippen LogP contribution >= 0.6 is 0 Å². The van der Waals surface area contributed by atoms with Crippen molar-refractivity contribution in [3.63, 3.8) is 0 Å². The lowest BCUT2D eigenvalue weighted by molar-refractivity contribution is -0.137. The molecule has 0 aromatic carbocycles. The van der Waals surface area contributed by atoms with Gasteiger partial charge in [-0.3, -0.25) is 14.6 Å². The molecule has 0 radical (unpaired) electrons. The summed E-state index contributed by atoms with van der Waals surface area (Å²) in [4.78, 5) is 28.2. The molecule has 4 aliphatic rings. The Hall–Kier alpha value is -1.23. The van der Waals surface area contributed by atoms with Gasteiger partial charge in [0.2, 0.25) is 5.91 Å². The number of ether oxygens (including phenoxy) is 1. The first-order valence-electron chi connectivity index (χ1n) is 11.7. The second-order valence-electron chi connectivity index (χ2n) is 10.5. The topological polar surface area (TPSA) is 67.8 Å². The average Bonchev–Trinajstić information content (AvgIpc) is 2.99. The van der Waals surface area contributed by atoms with Gasteiger partial charge in [0.15, 0.2) is 0 Å². The molecule has 29 heavy (non-hydrogen) atoms. The number of ketones is 1. The van der Waals surface area contributed by atoms with E-state index < -0.39 is 0 Å². The number of fused-ring (bicyclic) bond motifs is 5. The van der Waals surface area contributed by atoms with Crippen molar-refractivity contribution in [2.24, 2.45) is 39.5 Å². The van der Waals surface area contributed by atoms with Crippen molar-refractivity contribution in [2.45, 2.75) is 78.6 Å². The number of amides is 1. The Kier molecular flexibility index (Phi) is 5.89. The summed E-state index contributed by atoms with van der Waals surface area (Å²) in [5, 5.41) is 2.74. The molecule has 6 atom stereocenters. The highest BCUT2D eigenvalue weighted by Gasteiger charge is 2.59. The summed E-state index contributed by atoms with van der Waals surface area (Å²) in [5.74, 6) is 3.45. The van der Waals surface area contributed by atoms with Gasteiger partial charge in [0.25, 0.3) is 0 Å². The summed E-state index contributed by atoms with van der Waals surface area (Å²) in [6, 6.07) is 0. The standard InChI is InChI=1S/C24H38N2O3/c1-16(27)25-12-13-29-15-26-18-8-10-23(2)17(14-18)4-5-19-20-6-7-22(28)24(20,3)11-9-21(19)23/h17,19-21H,4-15H2,1-3H3,(H,25,27)/t17?,19?,20?,21?,23-,24-/m0/s1. The van der Waals surface area contributed by atoms with E-state index in [0.29, 0.717) is 37.0 Å². The van der Waals surface area contributed by atoms with Gasteiger partial charge < -0.3 is 10.1 Å². The van der Waals surface area contributed by atoms with Gasteiger partial charge in [0.05, 0.1) is 6.61 Å². The van der Waals surface area contributed by atoms with E-state index in [0.717, 1.165) is 49.9 Å². The lowest BCUT2D eigenvalue weighted by Gasteiger charge is -2.59. The number of carbonyl (C=O) groups excluding carboxylic acids is 2. The molecule has 4 rings (SSSR count). The van der Waals surface area contributed by atoms with Gasteiger partial charge in [-0.2, -0.15) is 0 Å². The Morgan fingerprint density at radius 2 is 1.97 bits per heavy atom. The van der Waals surface area contributed by atoms with Crippen LogP contribution in [0.25, 0.3) is 0 Å². The summed E-state index contributed by atoms with van der Waals surface area (Å²) in [6.07, 6.45) is 10.4. The minimum atomic E-state index is -0.0212. The van der Waals surface area contributed by atoms with Gasteiger partial charge >= 0.3 is 0 Å². The molecule has 5 nitrogen and oxygen atoms in total. The van der Waals surface area contributed by atoms with Gasteiger partial charge in [0.1, 0.15) is 12.5 Å². The summed E-state index contributed by atoms with van der Waals surface area (Å²) in [5.41, 5.74) is 1.73. The van der Waals surface area contributed by atoms with Crippen LogP contribution in [-0.4, -0.2) is 37.3 Å². The van der Waals surface area contributed by atoms with Crippen LogP contribution < -0.4 is 5.32 Å². The number of Topliss-reactive ketones (excluding diaryl/α,β-unsaturated/α-hetero) is 1. The van der Waals surface area contributed by atoms with Crippen molar-refractivity contribution in [1.82, 2.24) is 5.32 Å². The fourth-order valence-corrected chi connectivity index (χ4v) is 7.48. The third-order valence-electron chi connectivity index (χ3n) is 9.21. The highest BCUT2D eigenvalue weighted by molar-refractivity contribution is 5.87. The van der Waals surface area contributed by atoms with E-state index in [2.05, 4.69) is 19.2 Å². The molecule has 0 saturated heterocycles. The van der Waals surface area contributed by atoms with Gasteiger partial charge in [-0.15, -0.1) is 0 Å². The van der Waals surface area contributed by atoms with Crippen molar-refractivity contribution in [2.75, 3.05) is 19.9 Å². The quantitative estimate of drug-likeness (QED) is 0.703. The third-order valence-corrected chi connectivity index (χ3v) is 9.21. The monoisotopic (exact) mass is 402 g/mol. The molecule has 1 N–H and O–H groups in total. The number of nitrogens with one attached hydrogen (secondary N) is 1. The zero-order valence-corrected chi connectivity index (χ0v) is 18.5. The summed E-state index contributed by atoms with van der Waals surface area (Å²) >= 11 is 0. The number of hydrogen-bond acceptors (Lipinski definition) is 4. The summed E-state index contributed by atoms with van der Waals surface area (Å²) < 4.78 is 5.57. The van der Waals surface area contributed by atoms with Crippen molar-refractivity contribution < 1.29 is 14.3 Å². The number of carbonyl (C=O) groups is 2. The van der Waals surface area contributed by atoms with Gasteiger partial charge in [-0.25, -0.2) is 0 Å². The molecule has 4 aliphatic carbocycles. The van der Waals surface area contributed by atoms with Crippen LogP contribution in [0.15, 0.2) is 4.99 Å². The molecule has 4 fully saturated rings. The fourth-order valence-electron chi connectivity index (χ4n) is 7.48. The number of rotatable bonds is 5. The highest BCUT2D eigenvalue weighted by atomic mass is 16.5. The minimum Gasteiger partial charge on any atom is -0.358 e. The van der Waals surface area contributed by atoms with Crippen LogP contribution in [0.1, 0.15) is 78.6 Å². The Balaban J connectivity index is 1.35. The molecule has 0 bridgehead atoms. The predicted octanol–water partition coefficient (Wildman–Crippen LogP) is 4.15. The molecule has 5 heteroatoms. The van der Waals surface area contributed by atoms with E-state index in [9.17, 15) is 9.59 Å². The zero-order chi connectivity index (χ0) is 20.6. The van der Waals surface area contributed by atoms with E-state index in [-0.39, 0.29) is 11.3 Å². The normalized spacial score (nSPS) is 42.9. The van der Waals surface area contributed by atoms with Crippen LogP contribution in [0.5, 0.6) is 0 Å². The Labute approximate surface area is 175 Å². The predicted molar refractivity (Wildman–Crippen MR) is 114 cm³/mol. The van der Waals surface area contributed by atoms with Crippen molar-refractivity contribution in [1.29, 1.82) is 0 Å². The Morgan fingerprint density at radius 1 is 1.14 bits per heavy atom. The van der Waals surface area contributed by atoms with Gasteiger partial charge in [-0.05, 0) is 80.5 Å². The SMILES string of the molecule is CC(=O)NCCOCN=C1CC[C@@]2(C)C(CCC3C2CC[C@]2(C)C(=O)CCC32)C1. The number of aliphatic imine (C=N–C) groups is 1. The molecular formula is C24H38N2O3. The first kappa shape index (κ1) is 21.0. The summed E-state index contributed by atoms with van der Waals surface area (Å²) in [6.45, 7) is 7.81. The van der Waals surface area contributed by atoms with E-state index in [4.69, 9.17) is 9.73 Å². The molecule has 0 aromatic rings. The van der Waals surface area contributed by atoms with Crippen LogP contribution in [0.2, 0.25) is 0 Å². The maximum atomic E-state index is 12.6. The highest BCUT2D eigenvalue weighted by Crippen LogP contribution is 2.65. The van der Waals surface area contributed by atoms with Crippen LogP contribution in [0.3, 0.4) is 0 Å². The Bertz CT molecular complexity index is 690. The van der Waals surface area contributed by atoms with Crippen molar-refractivity contribution in [3.8, 4) is 0 Å². The minimum absolute atomic E-state index is 0.0137. The first-order chi connectivity index (χ1) is 13.8. The molecule has 1 amide bonds. The lowest BCUT2D eigenvalue weighted by atomic mass is 9.45. The molecule has 0 aliphatic heterocycles. The number of hydrogen-bond donors (Lipinski definition) is 1. The zero-order valence-electron chi connectivity index (χ0n) is 18.5. The van der Waals surface area contributed by atoms with Crippen LogP contribution in [0.4, 0.5) is 0 Å². The fraction of sp³-hybridized carbons (Fsp3) is 0.875. The second kappa shape index (κ2) is 8.13. The number of nitrogens with zero attached hydrogens (tertiary/aromatic N) is 1. The van der Waals surface area contributed by atoms with E-state index in [1.807, 2.05) is 0 Å². The van der Waals surface area contributed by atoms with Crippen molar-refractivity contribution >= 4 is 17.4 Å². The van der Waals surface area contributed by atoms with E-state index >= 15 is 0 Å². The molecule has 4 saturated carbocycles. The van der Waals surface area contributed by atoms with Gasteiger partial charge in [0, 0.05) is 31.0 Å². The van der Waals surface area contributed by atoms with Gasteiger partial charge in [-0.1, -0.05) is 13.8 Å². The van der Waals surface area contributed by atoms with E-state index in [1.165, 1.54) is 38.3 Å². The smallest absolute Gasteiger partial charge is 0.216 e. The van der Waals surface area contributed by atoms with E-state index in [1.54, 1.807) is 0 Å². The maximum Gasteiger partial charge on any atom is 0.216 e. The second-order valence-corrected chi connectivity index (χ2v) is 10.5. The lowest BCUT2D eigenvalue weighted by Crippen LogP contribution is -2.53. The first-order valence-corrected chi connectivity index (χ1v) is 11.7. The molecular weight excluding hydrogens is 364 g/mol. The molecule has 4 unspecified atom stereocenters. The molecule has 0 spiro atoms. The Morgan fingerprint density at radius 3 is 2.76 bits per heavy atom. The van der Waals surface area contributed by atoms with Crippen LogP contribution in [0, 0.1) is 34.5 Å². The van der Waals surface area contributed by atoms with Crippen molar-refractivity contribution in [3.05, 3.63) is 0 Å². The molecule has 162 valence electrons. The average molecular weight is 403 g/mol. The largest absolute Gasteiger partial charge is 0.358 e. The third kappa shape index (κ3) is 3.80. The van der Waals surface area contributed by atoms with Crippen LogP contribution in [-0.2, 0) is 14.3 Å². The molecule has 0 aromatic heterocycles. The molecule has 0 heterocycles.